The third kappa shape index (κ3) is 9.53. The number of carbonyl (C=O) groups excluding carboxylic acids is 3. The number of hydrogen-bond acceptors (Lipinski definition) is 6. The van der Waals surface area contributed by atoms with Gasteiger partial charge in [0, 0.05) is 27.5 Å². The molecule has 7 nitrogen and oxygen atoms in total. The van der Waals surface area contributed by atoms with Crippen molar-refractivity contribution in [2.45, 2.75) is 50.2 Å². The van der Waals surface area contributed by atoms with Crippen LogP contribution in [0.25, 0.3) is 0 Å². The second-order valence-electron chi connectivity index (χ2n) is 8.81. The molecule has 0 aliphatic rings. The Bertz CT molecular complexity index is 1290. The lowest BCUT2D eigenvalue weighted by molar-refractivity contribution is -0.115. The lowest BCUT2D eigenvalue weighted by Gasteiger charge is -2.16. The Morgan fingerprint density at radius 1 is 0.846 bits per heavy atom. The number of ketones is 1. The molecule has 0 aliphatic carbocycles. The number of unbranched alkanes of at least 4 members (excludes halogenated alkanes) is 1. The minimum absolute atomic E-state index is 0.00768. The fourth-order valence-corrected chi connectivity index (χ4v) is 4.77. The number of benzene rings is 3. The van der Waals surface area contributed by atoms with Gasteiger partial charge in [-0.05, 0) is 98.7 Å². The number of carbonyl (C=O) groups is 3. The summed E-state index contributed by atoms with van der Waals surface area (Å²) in [6, 6.07) is 21.5. The van der Waals surface area contributed by atoms with Crippen LogP contribution in [-0.4, -0.2) is 34.6 Å². The summed E-state index contributed by atoms with van der Waals surface area (Å²) < 4.78 is 5.23. The number of Topliss-reactive ketones (excluding diaryl/α,β-unsaturated/α-hetero) is 1. The number of anilines is 3. The minimum Gasteiger partial charge on any atom is -0.462 e. The van der Waals surface area contributed by atoms with Crippen molar-refractivity contribution in [3.63, 3.8) is 0 Å². The number of amides is 1. The van der Waals surface area contributed by atoms with E-state index < -0.39 is 0 Å². The van der Waals surface area contributed by atoms with Crippen LogP contribution < -0.4 is 16.0 Å². The van der Waals surface area contributed by atoms with Crippen molar-refractivity contribution in [2.75, 3.05) is 22.6 Å². The van der Waals surface area contributed by atoms with E-state index in [4.69, 9.17) is 17.0 Å². The highest BCUT2D eigenvalue weighted by Crippen LogP contribution is 2.29. The van der Waals surface area contributed by atoms with Gasteiger partial charge >= 0.3 is 5.97 Å². The van der Waals surface area contributed by atoms with Crippen LogP contribution in [0.2, 0.25) is 0 Å². The SMILES string of the molecule is CCCCOC(=O)c1ccc(NC(=O)C(CC)Sc2cccc(NC(=S)Nc3ccc(C(C)=O)cc3)c2)cc1. The molecule has 1 unspecified atom stereocenters. The maximum Gasteiger partial charge on any atom is 0.338 e. The van der Waals surface area contributed by atoms with E-state index >= 15 is 0 Å². The van der Waals surface area contributed by atoms with Crippen LogP contribution in [0.15, 0.2) is 77.7 Å². The summed E-state index contributed by atoms with van der Waals surface area (Å²) in [7, 11) is 0. The van der Waals surface area contributed by atoms with Crippen molar-refractivity contribution in [2.24, 2.45) is 0 Å². The van der Waals surface area contributed by atoms with E-state index in [0.717, 1.165) is 29.1 Å². The first-order valence-corrected chi connectivity index (χ1v) is 14.1. The fraction of sp³-hybridized carbons (Fsp3) is 0.267. The van der Waals surface area contributed by atoms with Gasteiger partial charge in [0.15, 0.2) is 10.9 Å². The van der Waals surface area contributed by atoms with E-state index in [1.165, 1.54) is 18.7 Å². The molecule has 3 rings (SSSR count). The molecular weight excluding hydrogens is 530 g/mol. The zero-order valence-corrected chi connectivity index (χ0v) is 23.9. The fourth-order valence-electron chi connectivity index (χ4n) is 3.52. The van der Waals surface area contributed by atoms with Crippen LogP contribution in [0.3, 0.4) is 0 Å². The zero-order valence-electron chi connectivity index (χ0n) is 22.3. The van der Waals surface area contributed by atoms with E-state index in [0.29, 0.717) is 35.0 Å². The zero-order chi connectivity index (χ0) is 28.2. The third-order valence-electron chi connectivity index (χ3n) is 5.70. The average Bonchev–Trinajstić information content (AvgIpc) is 2.92. The Hall–Kier alpha value is -3.69. The summed E-state index contributed by atoms with van der Waals surface area (Å²) in [5.74, 6) is -0.476. The van der Waals surface area contributed by atoms with Gasteiger partial charge in [0.05, 0.1) is 17.4 Å². The van der Waals surface area contributed by atoms with Crippen molar-refractivity contribution in [3.8, 4) is 0 Å². The molecule has 0 saturated heterocycles. The summed E-state index contributed by atoms with van der Waals surface area (Å²) in [5.41, 5.74) is 3.27. The van der Waals surface area contributed by atoms with Gasteiger partial charge in [0.25, 0.3) is 0 Å². The summed E-state index contributed by atoms with van der Waals surface area (Å²) >= 11 is 6.90. The molecular formula is C30H33N3O4S2. The summed E-state index contributed by atoms with van der Waals surface area (Å²) in [6.45, 7) is 5.93. The molecule has 0 aliphatic heterocycles. The molecule has 0 spiro atoms. The molecule has 39 heavy (non-hydrogen) atoms. The third-order valence-corrected chi connectivity index (χ3v) is 7.26. The highest BCUT2D eigenvalue weighted by Gasteiger charge is 2.19. The number of thioether (sulfide) groups is 1. The normalized spacial score (nSPS) is 11.3. The molecule has 0 fully saturated rings. The largest absolute Gasteiger partial charge is 0.462 e. The predicted molar refractivity (Wildman–Crippen MR) is 163 cm³/mol. The topological polar surface area (TPSA) is 96.5 Å². The molecule has 0 radical (unpaired) electrons. The van der Waals surface area contributed by atoms with E-state index in [1.54, 1.807) is 48.5 Å². The first-order valence-electron chi connectivity index (χ1n) is 12.8. The van der Waals surface area contributed by atoms with Crippen LogP contribution in [0.1, 0.15) is 60.7 Å². The minimum atomic E-state index is -0.364. The van der Waals surface area contributed by atoms with Gasteiger partial charge < -0.3 is 20.7 Å². The number of esters is 1. The van der Waals surface area contributed by atoms with Crippen LogP contribution in [0.4, 0.5) is 17.1 Å². The Labute approximate surface area is 239 Å². The van der Waals surface area contributed by atoms with E-state index in [9.17, 15) is 14.4 Å². The first-order chi connectivity index (χ1) is 18.8. The van der Waals surface area contributed by atoms with Crippen molar-refractivity contribution in [3.05, 3.63) is 83.9 Å². The predicted octanol–water partition coefficient (Wildman–Crippen LogP) is 7.16. The van der Waals surface area contributed by atoms with E-state index in [2.05, 4.69) is 16.0 Å². The Balaban J connectivity index is 1.55. The smallest absolute Gasteiger partial charge is 0.338 e. The lowest BCUT2D eigenvalue weighted by atomic mass is 10.1. The molecule has 0 aromatic heterocycles. The monoisotopic (exact) mass is 563 g/mol. The summed E-state index contributed by atoms with van der Waals surface area (Å²) in [6.07, 6.45) is 2.42. The van der Waals surface area contributed by atoms with Crippen molar-refractivity contribution in [1.29, 1.82) is 0 Å². The van der Waals surface area contributed by atoms with Crippen molar-refractivity contribution >= 4 is 63.8 Å². The molecule has 0 saturated carbocycles. The standard InChI is InChI=1S/C30H33N3O4S2/c1-4-6-18-37-29(36)22-12-16-23(17-13-22)31-28(35)27(5-2)39-26-9-7-8-25(19-26)33-30(38)32-24-14-10-21(11-15-24)20(3)34/h7-17,19,27H,4-6,18H2,1-3H3,(H,31,35)(H2,32,33,38). The Morgan fingerprint density at radius 2 is 1.46 bits per heavy atom. The Morgan fingerprint density at radius 3 is 2.08 bits per heavy atom. The van der Waals surface area contributed by atoms with Gasteiger partial charge in [-0.1, -0.05) is 26.3 Å². The lowest BCUT2D eigenvalue weighted by Crippen LogP contribution is -2.24. The maximum atomic E-state index is 13.0. The first kappa shape index (κ1) is 29.9. The van der Waals surface area contributed by atoms with Crippen LogP contribution >= 0.6 is 24.0 Å². The summed E-state index contributed by atoms with van der Waals surface area (Å²) in [5, 5.41) is 9.30. The van der Waals surface area contributed by atoms with Crippen molar-refractivity contribution in [1.82, 2.24) is 0 Å². The second-order valence-corrected chi connectivity index (χ2v) is 10.5. The van der Waals surface area contributed by atoms with Gasteiger partial charge in [-0.25, -0.2) is 4.79 Å². The van der Waals surface area contributed by atoms with Gasteiger partial charge in [0.2, 0.25) is 5.91 Å². The Kier molecular flexibility index (Phi) is 11.5. The maximum absolute atomic E-state index is 13.0. The van der Waals surface area contributed by atoms with Gasteiger partial charge in [-0.15, -0.1) is 11.8 Å². The van der Waals surface area contributed by atoms with E-state index in [1.807, 2.05) is 38.1 Å². The summed E-state index contributed by atoms with van der Waals surface area (Å²) in [4.78, 5) is 37.4. The van der Waals surface area contributed by atoms with Gasteiger partial charge in [-0.3, -0.25) is 9.59 Å². The molecule has 3 aromatic rings. The molecule has 3 N–H and O–H groups in total. The highest BCUT2D eigenvalue weighted by molar-refractivity contribution is 8.00. The van der Waals surface area contributed by atoms with Crippen LogP contribution in [-0.2, 0) is 9.53 Å². The molecule has 1 amide bonds. The number of nitrogens with one attached hydrogen (secondary N) is 3. The number of hydrogen-bond donors (Lipinski definition) is 3. The van der Waals surface area contributed by atoms with E-state index in [-0.39, 0.29) is 22.9 Å². The van der Waals surface area contributed by atoms with Crippen molar-refractivity contribution < 1.29 is 19.1 Å². The van der Waals surface area contributed by atoms with Gasteiger partial charge in [-0.2, -0.15) is 0 Å². The quantitative estimate of drug-likeness (QED) is 0.0702. The number of rotatable bonds is 12. The average molecular weight is 564 g/mol. The molecule has 0 bridgehead atoms. The number of thiocarbonyl (C=S) groups is 1. The number of ether oxygens (including phenoxy) is 1. The molecule has 0 heterocycles. The molecule has 9 heteroatoms. The highest BCUT2D eigenvalue weighted by atomic mass is 32.2. The molecule has 204 valence electrons. The second kappa shape index (κ2) is 15.0. The van der Waals surface area contributed by atoms with Gasteiger partial charge in [0.1, 0.15) is 0 Å². The molecule has 1 atom stereocenters. The molecule has 3 aromatic carbocycles. The van der Waals surface area contributed by atoms with Crippen LogP contribution in [0, 0.1) is 0 Å². The van der Waals surface area contributed by atoms with Crippen LogP contribution in [0.5, 0.6) is 0 Å².